The van der Waals surface area contributed by atoms with Gasteiger partial charge in [-0.15, -0.1) is 0 Å². The maximum Gasteiger partial charge on any atom is 0.240 e. The first-order valence-electron chi connectivity index (χ1n) is 6.33. The molecule has 1 aromatic rings. The van der Waals surface area contributed by atoms with Gasteiger partial charge in [0.2, 0.25) is 10.0 Å². The van der Waals surface area contributed by atoms with Crippen LogP contribution < -0.4 is 4.72 Å². The van der Waals surface area contributed by atoms with E-state index in [0.29, 0.717) is 6.61 Å². The summed E-state index contributed by atoms with van der Waals surface area (Å²) in [6.07, 6.45) is -0.256. The van der Waals surface area contributed by atoms with E-state index in [4.69, 9.17) is 9.84 Å². The topological polar surface area (TPSA) is 75.6 Å². The van der Waals surface area contributed by atoms with Gasteiger partial charge < -0.3 is 9.84 Å². The predicted molar refractivity (Wildman–Crippen MR) is 73.3 cm³/mol. The molecule has 1 aromatic carbocycles. The fraction of sp³-hybridized carbons (Fsp3) is 0.538. The van der Waals surface area contributed by atoms with Gasteiger partial charge >= 0.3 is 0 Å². The maximum absolute atomic E-state index is 13.6. The Labute approximate surface area is 118 Å². The molecule has 7 heteroatoms. The van der Waals surface area contributed by atoms with Crippen LogP contribution in [-0.2, 0) is 21.4 Å². The van der Waals surface area contributed by atoms with E-state index >= 15 is 0 Å². The van der Waals surface area contributed by atoms with Gasteiger partial charge in [0.25, 0.3) is 0 Å². The van der Waals surface area contributed by atoms with E-state index in [-0.39, 0.29) is 28.7 Å². The van der Waals surface area contributed by atoms with Crippen LogP contribution in [0.2, 0.25) is 0 Å². The number of hydrogen-bond acceptors (Lipinski definition) is 4. The molecule has 0 heterocycles. The molecular weight excluding hydrogens is 285 g/mol. The molecule has 0 spiro atoms. The van der Waals surface area contributed by atoms with Crippen LogP contribution >= 0.6 is 0 Å². The maximum atomic E-state index is 13.6. The lowest BCUT2D eigenvalue weighted by molar-refractivity contribution is 0.0799. The highest BCUT2D eigenvalue weighted by atomic mass is 32.2. The molecule has 1 rings (SSSR count). The summed E-state index contributed by atoms with van der Waals surface area (Å²) in [6, 6.07) is 2.37. The van der Waals surface area contributed by atoms with Crippen molar-refractivity contribution >= 4 is 10.0 Å². The Morgan fingerprint density at radius 2 is 2.10 bits per heavy atom. The molecule has 0 aliphatic rings. The summed E-state index contributed by atoms with van der Waals surface area (Å²) in [7, 11) is -3.75. The van der Waals surface area contributed by atoms with Crippen LogP contribution in [0.1, 0.15) is 25.0 Å². The first-order valence-corrected chi connectivity index (χ1v) is 7.81. The molecule has 1 atom stereocenters. The molecule has 0 radical (unpaired) electrons. The summed E-state index contributed by atoms with van der Waals surface area (Å²) >= 11 is 0. The highest BCUT2D eigenvalue weighted by Gasteiger charge is 2.18. The van der Waals surface area contributed by atoms with Crippen molar-refractivity contribution in [3.05, 3.63) is 29.1 Å². The van der Waals surface area contributed by atoms with Crippen molar-refractivity contribution in [2.24, 2.45) is 0 Å². The third-order valence-corrected chi connectivity index (χ3v) is 4.20. The lowest BCUT2D eigenvalue weighted by Gasteiger charge is -2.14. The van der Waals surface area contributed by atoms with E-state index in [0.717, 1.165) is 6.07 Å². The van der Waals surface area contributed by atoms with Gasteiger partial charge in [0.15, 0.2) is 0 Å². The molecule has 0 aromatic heterocycles. The van der Waals surface area contributed by atoms with E-state index in [1.165, 1.54) is 13.0 Å². The summed E-state index contributed by atoms with van der Waals surface area (Å²) in [5.41, 5.74) is 0.137. The first kappa shape index (κ1) is 17.0. The number of aliphatic hydroxyl groups is 1. The number of halogens is 1. The Bertz CT molecular complexity index is 560. The summed E-state index contributed by atoms with van der Waals surface area (Å²) in [5.74, 6) is -0.589. The van der Waals surface area contributed by atoms with Crippen molar-refractivity contribution in [3.63, 3.8) is 0 Å². The standard InChI is InChI=1S/C13H20FNO4S/c1-4-19-10(3)7-15-20(17,18)12-5-9(2)13(14)11(6-12)8-16/h5-6,10,15-16H,4,7-8H2,1-3H3. The number of nitrogens with one attached hydrogen (secondary N) is 1. The van der Waals surface area contributed by atoms with Crippen LogP contribution in [0.4, 0.5) is 4.39 Å². The Morgan fingerprint density at radius 3 is 2.65 bits per heavy atom. The first-order chi connectivity index (χ1) is 9.31. The second kappa shape index (κ2) is 7.12. The van der Waals surface area contributed by atoms with E-state index in [1.54, 1.807) is 6.92 Å². The van der Waals surface area contributed by atoms with Gasteiger partial charge in [0, 0.05) is 18.7 Å². The number of hydrogen-bond donors (Lipinski definition) is 2. The summed E-state index contributed by atoms with van der Waals surface area (Å²) in [4.78, 5) is -0.0656. The van der Waals surface area contributed by atoms with Crippen molar-refractivity contribution in [1.82, 2.24) is 4.72 Å². The van der Waals surface area contributed by atoms with Crippen LogP contribution in [-0.4, -0.2) is 32.8 Å². The molecule has 20 heavy (non-hydrogen) atoms. The van der Waals surface area contributed by atoms with Crippen LogP contribution in [0.3, 0.4) is 0 Å². The SMILES string of the molecule is CCOC(C)CNS(=O)(=O)c1cc(C)c(F)c(CO)c1. The van der Waals surface area contributed by atoms with E-state index in [1.807, 2.05) is 6.92 Å². The molecule has 0 aliphatic carbocycles. The van der Waals surface area contributed by atoms with Crippen LogP contribution in [0.5, 0.6) is 0 Å². The Hall–Kier alpha value is -1.02. The highest BCUT2D eigenvalue weighted by molar-refractivity contribution is 7.89. The number of rotatable bonds is 7. The smallest absolute Gasteiger partial charge is 0.240 e. The average Bonchev–Trinajstić information content (AvgIpc) is 2.39. The van der Waals surface area contributed by atoms with Crippen LogP contribution in [0.25, 0.3) is 0 Å². The average molecular weight is 305 g/mol. The molecule has 0 bridgehead atoms. The minimum Gasteiger partial charge on any atom is -0.392 e. The summed E-state index contributed by atoms with van der Waals surface area (Å²) in [5, 5.41) is 9.05. The minimum atomic E-state index is -3.75. The second-order valence-electron chi connectivity index (χ2n) is 4.49. The Morgan fingerprint density at radius 1 is 1.45 bits per heavy atom. The van der Waals surface area contributed by atoms with Gasteiger partial charge in [-0.2, -0.15) is 0 Å². The monoisotopic (exact) mass is 305 g/mol. The van der Waals surface area contributed by atoms with Gasteiger partial charge in [-0.05, 0) is 38.5 Å². The second-order valence-corrected chi connectivity index (χ2v) is 6.26. The molecule has 0 amide bonds. The van der Waals surface area contributed by atoms with Gasteiger partial charge in [-0.25, -0.2) is 17.5 Å². The van der Waals surface area contributed by atoms with Crippen molar-refractivity contribution in [3.8, 4) is 0 Å². The number of ether oxygens (including phenoxy) is 1. The number of aliphatic hydroxyl groups excluding tert-OH is 1. The van der Waals surface area contributed by atoms with Crippen LogP contribution in [0.15, 0.2) is 17.0 Å². The molecule has 0 saturated carbocycles. The normalized spacial score (nSPS) is 13.4. The highest BCUT2D eigenvalue weighted by Crippen LogP contribution is 2.19. The fourth-order valence-electron chi connectivity index (χ4n) is 1.73. The molecule has 0 aliphatic heterocycles. The number of benzene rings is 1. The van der Waals surface area contributed by atoms with Gasteiger partial charge in [0.1, 0.15) is 5.82 Å². The van der Waals surface area contributed by atoms with Crippen LogP contribution in [0, 0.1) is 12.7 Å². The van der Waals surface area contributed by atoms with Gasteiger partial charge in [-0.3, -0.25) is 0 Å². The Balaban J connectivity index is 2.95. The lowest BCUT2D eigenvalue weighted by atomic mass is 10.1. The third-order valence-electron chi connectivity index (χ3n) is 2.80. The quantitative estimate of drug-likeness (QED) is 0.797. The molecule has 5 nitrogen and oxygen atoms in total. The van der Waals surface area contributed by atoms with Crippen molar-refractivity contribution in [2.75, 3.05) is 13.2 Å². The van der Waals surface area contributed by atoms with Gasteiger partial charge in [0.05, 0.1) is 17.6 Å². The molecule has 2 N–H and O–H groups in total. The summed E-state index contributed by atoms with van der Waals surface area (Å²) < 4.78 is 45.4. The zero-order valence-electron chi connectivity index (χ0n) is 11.8. The van der Waals surface area contributed by atoms with Crippen molar-refractivity contribution in [1.29, 1.82) is 0 Å². The van der Waals surface area contributed by atoms with E-state index in [9.17, 15) is 12.8 Å². The van der Waals surface area contributed by atoms with Crippen molar-refractivity contribution in [2.45, 2.75) is 38.4 Å². The lowest BCUT2D eigenvalue weighted by Crippen LogP contribution is -2.32. The Kier molecular flexibility index (Phi) is 6.07. The third kappa shape index (κ3) is 4.24. The molecular formula is C13H20FNO4S. The van der Waals surface area contributed by atoms with Crippen molar-refractivity contribution < 1.29 is 22.7 Å². The molecule has 0 fully saturated rings. The zero-order chi connectivity index (χ0) is 15.3. The number of sulfonamides is 1. The minimum absolute atomic E-state index is 0.0387. The van der Waals surface area contributed by atoms with E-state index in [2.05, 4.69) is 4.72 Å². The number of aryl methyl sites for hydroxylation is 1. The fourth-order valence-corrected chi connectivity index (χ4v) is 2.98. The zero-order valence-corrected chi connectivity index (χ0v) is 12.6. The van der Waals surface area contributed by atoms with Gasteiger partial charge in [-0.1, -0.05) is 0 Å². The summed E-state index contributed by atoms with van der Waals surface area (Å²) in [6.45, 7) is 5.10. The molecule has 1 unspecified atom stereocenters. The van der Waals surface area contributed by atoms with E-state index < -0.39 is 22.4 Å². The largest absolute Gasteiger partial charge is 0.392 e. The molecule has 0 saturated heterocycles. The molecule has 114 valence electrons. The predicted octanol–water partition coefficient (Wildman–Crippen LogP) is 1.33.